The number of carboxylic acid groups (broad SMARTS) is 1. The van der Waals surface area contributed by atoms with Gasteiger partial charge in [0.15, 0.2) is 0 Å². The Kier molecular flexibility index (Phi) is 3.99. The van der Waals surface area contributed by atoms with Crippen LogP contribution in [-0.4, -0.2) is 34.1 Å². The maximum absolute atomic E-state index is 11.3. The third-order valence-electron chi connectivity index (χ3n) is 2.77. The molecule has 18 heavy (non-hydrogen) atoms. The number of nitrogens with zero attached hydrogens (tertiary/aromatic N) is 1. The molecule has 1 aliphatic rings. The third-order valence-corrected chi connectivity index (χ3v) is 4.99. The number of hydrogen-bond acceptors (Lipinski definition) is 5. The summed E-state index contributed by atoms with van der Waals surface area (Å²) in [6.07, 6.45) is 0. The van der Waals surface area contributed by atoms with Crippen molar-refractivity contribution in [2.24, 2.45) is 0 Å². The normalized spacial score (nSPS) is 20.9. The van der Waals surface area contributed by atoms with Crippen LogP contribution in [0.2, 0.25) is 0 Å². The predicted molar refractivity (Wildman–Crippen MR) is 75.8 cm³/mol. The number of aromatic nitrogens is 1. The number of thioether (sulfide) groups is 1. The van der Waals surface area contributed by atoms with Crippen LogP contribution in [0.3, 0.4) is 0 Å². The van der Waals surface area contributed by atoms with Gasteiger partial charge in [0.05, 0.1) is 11.7 Å². The summed E-state index contributed by atoms with van der Waals surface area (Å²) >= 11 is 3.20. The summed E-state index contributed by atoms with van der Waals surface area (Å²) in [5.41, 5.74) is 0.469. The lowest BCUT2D eigenvalue weighted by atomic mass is 9.91. The maximum Gasteiger partial charge on any atom is 0.347 e. The fourth-order valence-corrected chi connectivity index (χ4v) is 4.10. The summed E-state index contributed by atoms with van der Waals surface area (Å²) in [6, 6.07) is 0.197. The van der Waals surface area contributed by atoms with Crippen LogP contribution in [0, 0.1) is 0 Å². The van der Waals surface area contributed by atoms with E-state index < -0.39 is 5.97 Å². The average molecular weight is 286 g/mol. The summed E-state index contributed by atoms with van der Waals surface area (Å²) in [7, 11) is 0. The van der Waals surface area contributed by atoms with Gasteiger partial charge in [0, 0.05) is 23.5 Å². The monoisotopic (exact) mass is 286 g/mol. The van der Waals surface area contributed by atoms with Gasteiger partial charge in [-0.3, -0.25) is 0 Å². The Bertz CT molecular complexity index is 445. The van der Waals surface area contributed by atoms with E-state index in [4.69, 9.17) is 0 Å². The van der Waals surface area contributed by atoms with E-state index in [0.29, 0.717) is 10.6 Å². The van der Waals surface area contributed by atoms with Crippen LogP contribution >= 0.6 is 23.1 Å². The first kappa shape index (κ1) is 13.8. The van der Waals surface area contributed by atoms with Crippen molar-refractivity contribution < 1.29 is 9.90 Å². The van der Waals surface area contributed by atoms with Crippen LogP contribution in [-0.2, 0) is 5.41 Å². The highest BCUT2D eigenvalue weighted by atomic mass is 32.2. The zero-order chi connectivity index (χ0) is 13.3. The lowest BCUT2D eigenvalue weighted by molar-refractivity contribution is 0.0699. The smallest absolute Gasteiger partial charge is 0.347 e. The van der Waals surface area contributed by atoms with Gasteiger partial charge >= 0.3 is 5.97 Å². The predicted octanol–water partition coefficient (Wildman–Crippen LogP) is 2.52. The minimum atomic E-state index is -0.868. The molecule has 1 saturated heterocycles. The molecule has 0 radical (unpaired) electrons. The van der Waals surface area contributed by atoms with Crippen LogP contribution in [0.5, 0.6) is 0 Å². The molecular weight excluding hydrogens is 268 g/mol. The molecule has 0 bridgehead atoms. The van der Waals surface area contributed by atoms with Crippen LogP contribution in [0.1, 0.15) is 47.2 Å². The van der Waals surface area contributed by atoms with Crippen molar-refractivity contribution in [3.63, 3.8) is 0 Å². The first-order valence-corrected chi connectivity index (χ1v) is 7.92. The highest BCUT2D eigenvalue weighted by Gasteiger charge is 2.29. The van der Waals surface area contributed by atoms with Gasteiger partial charge < -0.3 is 10.4 Å². The Morgan fingerprint density at radius 3 is 2.67 bits per heavy atom. The number of carboxylic acids is 1. The number of rotatable bonds is 2. The van der Waals surface area contributed by atoms with E-state index in [2.05, 4.69) is 10.3 Å². The Labute approximate surface area is 115 Å². The van der Waals surface area contributed by atoms with Crippen molar-refractivity contribution in [2.45, 2.75) is 32.2 Å². The molecule has 0 aromatic carbocycles. The van der Waals surface area contributed by atoms with E-state index in [1.807, 2.05) is 32.5 Å². The van der Waals surface area contributed by atoms with Gasteiger partial charge in [-0.1, -0.05) is 20.8 Å². The second kappa shape index (κ2) is 5.19. The molecular formula is C12H18N2O2S2. The summed E-state index contributed by atoms with van der Waals surface area (Å²) in [5.74, 6) is 1.21. The molecule has 1 atom stereocenters. The molecule has 2 heterocycles. The van der Waals surface area contributed by atoms with Crippen molar-refractivity contribution >= 4 is 29.1 Å². The number of carbonyl (C=O) groups is 1. The van der Waals surface area contributed by atoms with Crippen LogP contribution < -0.4 is 5.32 Å². The third kappa shape index (κ3) is 2.87. The van der Waals surface area contributed by atoms with Crippen molar-refractivity contribution in [1.82, 2.24) is 10.3 Å². The molecule has 0 saturated carbocycles. The number of hydrogen-bond donors (Lipinski definition) is 2. The van der Waals surface area contributed by atoms with Gasteiger partial charge in [0.2, 0.25) is 0 Å². The molecule has 6 heteroatoms. The minimum absolute atomic E-state index is 0.197. The second-order valence-electron chi connectivity index (χ2n) is 5.37. The largest absolute Gasteiger partial charge is 0.477 e. The molecule has 4 nitrogen and oxygen atoms in total. The zero-order valence-electron chi connectivity index (χ0n) is 10.8. The molecule has 1 unspecified atom stereocenters. The van der Waals surface area contributed by atoms with E-state index in [1.165, 1.54) is 11.3 Å². The van der Waals surface area contributed by atoms with Crippen molar-refractivity contribution in [3.05, 3.63) is 15.6 Å². The molecule has 2 N–H and O–H groups in total. The van der Waals surface area contributed by atoms with Crippen molar-refractivity contribution in [2.75, 3.05) is 18.1 Å². The SMILES string of the molecule is CC(C)(C)c1nc(C2CSCCN2)sc1C(=O)O. The van der Waals surface area contributed by atoms with Gasteiger partial charge in [-0.05, 0) is 0 Å². The van der Waals surface area contributed by atoms with Gasteiger partial charge in [-0.25, -0.2) is 9.78 Å². The zero-order valence-corrected chi connectivity index (χ0v) is 12.5. The standard InChI is InChI=1S/C12H18N2O2S2/c1-12(2,3)9-8(11(15)16)18-10(14-9)7-6-17-5-4-13-7/h7,13H,4-6H2,1-3H3,(H,15,16). The lowest BCUT2D eigenvalue weighted by Crippen LogP contribution is -2.30. The summed E-state index contributed by atoms with van der Waals surface area (Å²) in [6.45, 7) is 6.96. The topological polar surface area (TPSA) is 62.2 Å². The lowest BCUT2D eigenvalue weighted by Gasteiger charge is -2.21. The summed E-state index contributed by atoms with van der Waals surface area (Å²) < 4.78 is 0. The maximum atomic E-state index is 11.3. The minimum Gasteiger partial charge on any atom is -0.477 e. The molecule has 1 fully saturated rings. The Morgan fingerprint density at radius 1 is 1.50 bits per heavy atom. The van der Waals surface area contributed by atoms with Gasteiger partial charge in [0.1, 0.15) is 9.88 Å². The molecule has 0 amide bonds. The average Bonchev–Trinajstić information content (AvgIpc) is 2.74. The molecule has 1 aliphatic heterocycles. The molecule has 1 aromatic heterocycles. The van der Waals surface area contributed by atoms with Gasteiger partial charge in [-0.15, -0.1) is 11.3 Å². The van der Waals surface area contributed by atoms with E-state index in [-0.39, 0.29) is 11.5 Å². The fourth-order valence-electron chi connectivity index (χ4n) is 1.86. The highest BCUT2D eigenvalue weighted by molar-refractivity contribution is 7.99. The first-order valence-electron chi connectivity index (χ1n) is 5.95. The van der Waals surface area contributed by atoms with Crippen LogP contribution in [0.25, 0.3) is 0 Å². The molecule has 100 valence electrons. The van der Waals surface area contributed by atoms with Gasteiger partial charge in [0.25, 0.3) is 0 Å². The summed E-state index contributed by atoms with van der Waals surface area (Å²) in [4.78, 5) is 16.3. The second-order valence-corrected chi connectivity index (χ2v) is 7.55. The number of thiazole rings is 1. The van der Waals surface area contributed by atoms with Crippen LogP contribution in [0.15, 0.2) is 0 Å². The number of aromatic carboxylic acids is 1. The van der Waals surface area contributed by atoms with E-state index >= 15 is 0 Å². The molecule has 0 aliphatic carbocycles. The molecule has 2 rings (SSSR count). The first-order chi connectivity index (χ1) is 8.39. The summed E-state index contributed by atoms with van der Waals surface area (Å²) in [5, 5.41) is 13.6. The number of nitrogens with one attached hydrogen (secondary N) is 1. The Morgan fingerprint density at radius 2 is 2.22 bits per heavy atom. The fraction of sp³-hybridized carbons (Fsp3) is 0.667. The quantitative estimate of drug-likeness (QED) is 0.874. The van der Waals surface area contributed by atoms with E-state index in [9.17, 15) is 9.90 Å². The van der Waals surface area contributed by atoms with E-state index in [1.54, 1.807) is 0 Å². The van der Waals surface area contributed by atoms with Gasteiger partial charge in [-0.2, -0.15) is 11.8 Å². The molecule has 1 aromatic rings. The highest BCUT2D eigenvalue weighted by Crippen LogP contribution is 2.33. The molecule has 0 spiro atoms. The van der Waals surface area contributed by atoms with Crippen LogP contribution in [0.4, 0.5) is 0 Å². The Balaban J connectivity index is 2.35. The van der Waals surface area contributed by atoms with Crippen molar-refractivity contribution in [1.29, 1.82) is 0 Å². The van der Waals surface area contributed by atoms with Crippen molar-refractivity contribution in [3.8, 4) is 0 Å². The van der Waals surface area contributed by atoms with E-state index in [0.717, 1.165) is 23.1 Å². The Hall–Kier alpha value is -0.590.